The van der Waals surface area contributed by atoms with Crippen LogP contribution in [0.4, 0.5) is 0 Å². The predicted octanol–water partition coefficient (Wildman–Crippen LogP) is 4.73. The molecule has 29 heavy (non-hydrogen) atoms. The summed E-state index contributed by atoms with van der Waals surface area (Å²) in [5.74, 6) is -0.693. The normalized spacial score (nSPS) is 12.2. The van der Waals surface area contributed by atoms with E-state index in [1.165, 1.54) is 0 Å². The molecule has 0 atom stereocenters. The number of aliphatic hydroxyl groups is 1. The minimum atomic E-state index is -0.693. The Labute approximate surface area is 170 Å². The number of esters is 1. The smallest absolute Gasteiger partial charge is 0.349 e. The second-order valence-electron chi connectivity index (χ2n) is 7.69. The summed E-state index contributed by atoms with van der Waals surface area (Å²) in [4.78, 5) is 12.8. The second kappa shape index (κ2) is 8.72. The molecule has 4 nitrogen and oxygen atoms in total. The zero-order chi connectivity index (χ0) is 20.9. The Morgan fingerprint density at radius 2 is 1.62 bits per heavy atom. The maximum absolute atomic E-state index is 12.8. The van der Waals surface area contributed by atoms with Crippen LogP contribution in [-0.4, -0.2) is 24.3 Å². The van der Waals surface area contributed by atoms with E-state index in [4.69, 9.17) is 4.74 Å². The van der Waals surface area contributed by atoms with Gasteiger partial charge in [0.25, 0.3) is 0 Å². The lowest BCUT2D eigenvalue weighted by molar-refractivity contribution is -0.142. The third kappa shape index (κ3) is 4.71. The lowest BCUT2D eigenvalue weighted by atomic mass is 9.91. The highest BCUT2D eigenvalue weighted by atomic mass is 16.5. The average Bonchev–Trinajstić information content (AvgIpc) is 2.76. The van der Waals surface area contributed by atoms with Gasteiger partial charge in [0.2, 0.25) is 0 Å². The minimum Gasteiger partial charge on any atom is -0.461 e. The van der Waals surface area contributed by atoms with Gasteiger partial charge in [-0.05, 0) is 28.0 Å². The standard InChI is InChI=1S/C25H23NO3/c1-25(2,16-27)17-29-24(28)22(15-26)23(19-9-4-3-5-10-19)21-13-12-18-8-6-7-11-20(18)14-21/h3-14,27H,16-17H2,1-2H3. The summed E-state index contributed by atoms with van der Waals surface area (Å²) in [5, 5.41) is 21.3. The van der Waals surface area contributed by atoms with Crippen LogP contribution in [-0.2, 0) is 9.53 Å². The van der Waals surface area contributed by atoms with Gasteiger partial charge in [-0.2, -0.15) is 5.26 Å². The Morgan fingerprint density at radius 3 is 2.28 bits per heavy atom. The van der Waals surface area contributed by atoms with E-state index >= 15 is 0 Å². The third-order valence-electron chi connectivity index (χ3n) is 4.69. The number of hydrogen-bond acceptors (Lipinski definition) is 4. The quantitative estimate of drug-likeness (QED) is 0.378. The number of rotatable bonds is 6. The van der Waals surface area contributed by atoms with Gasteiger partial charge < -0.3 is 9.84 Å². The molecule has 146 valence electrons. The fourth-order valence-electron chi connectivity index (χ4n) is 2.99. The Bertz CT molecular complexity index is 1090. The first-order chi connectivity index (χ1) is 13.9. The van der Waals surface area contributed by atoms with Gasteiger partial charge >= 0.3 is 5.97 Å². The molecule has 3 rings (SSSR count). The van der Waals surface area contributed by atoms with E-state index in [2.05, 4.69) is 0 Å². The van der Waals surface area contributed by atoms with Crippen molar-refractivity contribution in [3.05, 3.63) is 89.5 Å². The molecule has 0 aromatic heterocycles. The molecule has 0 saturated carbocycles. The Morgan fingerprint density at radius 1 is 0.966 bits per heavy atom. The number of carbonyl (C=O) groups excluding carboxylic acids is 1. The molecule has 3 aromatic rings. The van der Waals surface area contributed by atoms with Crippen molar-refractivity contribution in [2.24, 2.45) is 5.41 Å². The summed E-state index contributed by atoms with van der Waals surface area (Å²) >= 11 is 0. The highest BCUT2D eigenvalue weighted by Gasteiger charge is 2.24. The van der Waals surface area contributed by atoms with Gasteiger partial charge in [0.15, 0.2) is 0 Å². The molecule has 0 spiro atoms. The van der Waals surface area contributed by atoms with Crippen LogP contribution >= 0.6 is 0 Å². The van der Waals surface area contributed by atoms with E-state index in [1.807, 2.05) is 78.9 Å². The van der Waals surface area contributed by atoms with Crippen LogP contribution in [0.3, 0.4) is 0 Å². The zero-order valence-corrected chi connectivity index (χ0v) is 16.6. The van der Waals surface area contributed by atoms with Crippen molar-refractivity contribution < 1.29 is 14.6 Å². The number of fused-ring (bicyclic) bond motifs is 1. The molecule has 0 aliphatic heterocycles. The zero-order valence-electron chi connectivity index (χ0n) is 16.6. The maximum Gasteiger partial charge on any atom is 0.349 e. The van der Waals surface area contributed by atoms with Crippen molar-refractivity contribution >= 4 is 22.3 Å². The Balaban J connectivity index is 2.12. The van der Waals surface area contributed by atoms with Crippen molar-refractivity contribution in [3.63, 3.8) is 0 Å². The summed E-state index contributed by atoms with van der Waals surface area (Å²) in [6.45, 7) is 3.48. The van der Waals surface area contributed by atoms with Gasteiger partial charge in [0.1, 0.15) is 11.6 Å². The second-order valence-corrected chi connectivity index (χ2v) is 7.69. The predicted molar refractivity (Wildman–Crippen MR) is 114 cm³/mol. The van der Waals surface area contributed by atoms with Crippen LogP contribution < -0.4 is 0 Å². The van der Waals surface area contributed by atoms with Crippen LogP contribution in [0.5, 0.6) is 0 Å². The van der Waals surface area contributed by atoms with Gasteiger partial charge in [-0.25, -0.2) is 4.79 Å². The molecule has 4 heteroatoms. The number of ether oxygens (including phenoxy) is 1. The molecular weight excluding hydrogens is 362 g/mol. The number of carbonyl (C=O) groups is 1. The molecule has 0 amide bonds. The van der Waals surface area contributed by atoms with Crippen molar-refractivity contribution in [2.75, 3.05) is 13.2 Å². The summed E-state index contributed by atoms with van der Waals surface area (Å²) in [6, 6.07) is 25.2. The molecule has 0 aliphatic rings. The van der Waals surface area contributed by atoms with Crippen molar-refractivity contribution in [2.45, 2.75) is 13.8 Å². The minimum absolute atomic E-state index is 0.0211. The Hall–Kier alpha value is -3.42. The maximum atomic E-state index is 12.8. The van der Waals surface area contributed by atoms with Gasteiger partial charge in [0, 0.05) is 11.0 Å². The molecule has 0 heterocycles. The lowest BCUT2D eigenvalue weighted by Crippen LogP contribution is -2.26. The van der Waals surface area contributed by atoms with Crippen LogP contribution in [0.1, 0.15) is 25.0 Å². The molecular formula is C25H23NO3. The van der Waals surface area contributed by atoms with E-state index in [1.54, 1.807) is 13.8 Å². The van der Waals surface area contributed by atoms with Crippen molar-refractivity contribution in [1.82, 2.24) is 0 Å². The summed E-state index contributed by atoms with van der Waals surface area (Å²) in [7, 11) is 0. The average molecular weight is 385 g/mol. The van der Waals surface area contributed by atoms with Gasteiger partial charge in [0.05, 0.1) is 13.2 Å². The van der Waals surface area contributed by atoms with E-state index in [9.17, 15) is 15.2 Å². The molecule has 0 unspecified atom stereocenters. The van der Waals surface area contributed by atoms with Crippen LogP contribution in [0.25, 0.3) is 16.3 Å². The SMILES string of the molecule is CC(C)(CO)COC(=O)C(C#N)=C(c1ccccc1)c1ccc2ccccc2c1. The first kappa shape index (κ1) is 20.3. The van der Waals surface area contributed by atoms with Crippen molar-refractivity contribution in [1.29, 1.82) is 5.26 Å². The molecule has 0 aliphatic carbocycles. The topological polar surface area (TPSA) is 70.3 Å². The number of benzene rings is 3. The fraction of sp³-hybridized carbons (Fsp3) is 0.200. The summed E-state index contributed by atoms with van der Waals surface area (Å²) < 4.78 is 5.38. The monoisotopic (exact) mass is 385 g/mol. The number of aliphatic hydroxyl groups excluding tert-OH is 1. The lowest BCUT2D eigenvalue weighted by Gasteiger charge is -2.21. The molecule has 3 aromatic carbocycles. The number of nitriles is 1. The van der Waals surface area contributed by atoms with Crippen molar-refractivity contribution in [3.8, 4) is 6.07 Å². The van der Waals surface area contributed by atoms with Gasteiger partial charge in [-0.1, -0.05) is 80.6 Å². The summed E-state index contributed by atoms with van der Waals surface area (Å²) in [6.07, 6.45) is 0. The van der Waals surface area contributed by atoms with E-state index < -0.39 is 11.4 Å². The fourth-order valence-corrected chi connectivity index (χ4v) is 2.99. The largest absolute Gasteiger partial charge is 0.461 e. The molecule has 0 bridgehead atoms. The third-order valence-corrected chi connectivity index (χ3v) is 4.69. The highest BCUT2D eigenvalue weighted by molar-refractivity contribution is 6.06. The molecule has 0 radical (unpaired) electrons. The first-order valence-electron chi connectivity index (χ1n) is 9.42. The number of hydrogen-bond donors (Lipinski definition) is 1. The number of nitrogens with zero attached hydrogens (tertiary/aromatic N) is 1. The van der Waals surface area contributed by atoms with Crippen LogP contribution in [0.15, 0.2) is 78.4 Å². The molecule has 0 fully saturated rings. The first-order valence-corrected chi connectivity index (χ1v) is 9.42. The van der Waals surface area contributed by atoms with Crippen LogP contribution in [0.2, 0.25) is 0 Å². The van der Waals surface area contributed by atoms with E-state index in [0.717, 1.165) is 21.9 Å². The molecule has 1 N–H and O–H groups in total. The van der Waals surface area contributed by atoms with Gasteiger partial charge in [-0.3, -0.25) is 0 Å². The summed E-state index contributed by atoms with van der Waals surface area (Å²) in [5.41, 5.74) is 1.43. The van der Waals surface area contributed by atoms with Gasteiger partial charge in [-0.15, -0.1) is 0 Å². The Kier molecular flexibility index (Phi) is 6.11. The van der Waals surface area contributed by atoms with E-state index in [0.29, 0.717) is 5.57 Å². The van der Waals surface area contributed by atoms with E-state index in [-0.39, 0.29) is 18.8 Å². The highest BCUT2D eigenvalue weighted by Crippen LogP contribution is 2.30. The van der Waals surface area contributed by atoms with Crippen LogP contribution in [0, 0.1) is 16.7 Å². The molecule has 0 saturated heterocycles.